The standard InChI is InChI=1S/C17H33NO10/c19-16-28-15-18-2-4-23-6-8-25-10-12-27-14-13-26-11-9-24-7-5-22-3-1-17(20)21/h16,18H,1-15H2,(H,20,21). The molecule has 11 heteroatoms. The fraction of sp³-hybridized carbons (Fsp3) is 0.882. The Morgan fingerprint density at radius 2 is 1.07 bits per heavy atom. The van der Waals surface area contributed by atoms with Crippen LogP contribution in [0, 0.1) is 0 Å². The Morgan fingerprint density at radius 3 is 1.46 bits per heavy atom. The first-order chi connectivity index (χ1) is 13.8. The average Bonchev–Trinajstić information content (AvgIpc) is 2.68. The van der Waals surface area contributed by atoms with Crippen LogP contribution in [0.25, 0.3) is 0 Å². The molecule has 0 aromatic rings. The average molecular weight is 411 g/mol. The zero-order valence-electron chi connectivity index (χ0n) is 16.3. The van der Waals surface area contributed by atoms with Crippen LogP contribution in [0.5, 0.6) is 0 Å². The van der Waals surface area contributed by atoms with Gasteiger partial charge in [-0.2, -0.15) is 0 Å². The Morgan fingerprint density at radius 1 is 0.679 bits per heavy atom. The Labute approximate surface area is 165 Å². The van der Waals surface area contributed by atoms with Crippen LogP contribution >= 0.6 is 0 Å². The molecule has 0 aromatic heterocycles. The van der Waals surface area contributed by atoms with Gasteiger partial charge in [-0.25, -0.2) is 0 Å². The van der Waals surface area contributed by atoms with Gasteiger partial charge in [0.15, 0.2) is 0 Å². The van der Waals surface area contributed by atoms with E-state index in [0.717, 1.165) is 0 Å². The van der Waals surface area contributed by atoms with Crippen LogP contribution in [0.4, 0.5) is 0 Å². The van der Waals surface area contributed by atoms with Crippen molar-refractivity contribution in [2.45, 2.75) is 6.42 Å². The molecule has 166 valence electrons. The third-order valence-electron chi connectivity index (χ3n) is 3.00. The molecule has 0 spiro atoms. The van der Waals surface area contributed by atoms with E-state index < -0.39 is 5.97 Å². The molecular weight excluding hydrogens is 378 g/mol. The second-order valence-corrected chi connectivity index (χ2v) is 5.23. The molecule has 0 heterocycles. The lowest BCUT2D eigenvalue weighted by molar-refractivity contribution is -0.138. The number of nitrogens with one attached hydrogen (secondary N) is 1. The van der Waals surface area contributed by atoms with E-state index in [1.54, 1.807) is 0 Å². The van der Waals surface area contributed by atoms with Gasteiger partial charge in [0.1, 0.15) is 6.73 Å². The van der Waals surface area contributed by atoms with E-state index in [1.807, 2.05) is 0 Å². The number of carbonyl (C=O) groups excluding carboxylic acids is 1. The molecule has 11 nitrogen and oxygen atoms in total. The van der Waals surface area contributed by atoms with Gasteiger partial charge in [-0.15, -0.1) is 0 Å². The number of ether oxygens (including phenoxy) is 7. The van der Waals surface area contributed by atoms with Crippen molar-refractivity contribution in [1.29, 1.82) is 0 Å². The largest absolute Gasteiger partial charge is 0.481 e. The third kappa shape index (κ3) is 24.7. The van der Waals surface area contributed by atoms with Crippen molar-refractivity contribution in [3.8, 4) is 0 Å². The Kier molecular flexibility index (Phi) is 22.6. The van der Waals surface area contributed by atoms with Crippen molar-refractivity contribution in [1.82, 2.24) is 5.32 Å². The molecule has 0 saturated heterocycles. The van der Waals surface area contributed by atoms with Crippen LogP contribution in [0.3, 0.4) is 0 Å². The molecule has 0 bridgehead atoms. The van der Waals surface area contributed by atoms with Gasteiger partial charge < -0.3 is 38.3 Å². The number of aliphatic carboxylic acids is 1. The molecule has 0 atom stereocenters. The molecule has 0 rings (SSSR count). The van der Waals surface area contributed by atoms with Gasteiger partial charge in [-0.1, -0.05) is 0 Å². The van der Waals surface area contributed by atoms with Crippen molar-refractivity contribution < 1.29 is 47.9 Å². The maximum atomic E-state index is 10.3. The summed E-state index contributed by atoms with van der Waals surface area (Å²) in [6.45, 7) is 6.47. The molecule has 0 saturated carbocycles. The van der Waals surface area contributed by atoms with Gasteiger partial charge in [-0.3, -0.25) is 14.9 Å². The molecule has 0 amide bonds. The van der Waals surface area contributed by atoms with Gasteiger partial charge >= 0.3 is 5.97 Å². The molecule has 0 aromatic carbocycles. The first kappa shape index (κ1) is 26.7. The van der Waals surface area contributed by atoms with Crippen molar-refractivity contribution in [3.05, 3.63) is 0 Å². The number of hydrogen-bond acceptors (Lipinski definition) is 10. The quantitative estimate of drug-likeness (QED) is 0.118. The summed E-state index contributed by atoms with van der Waals surface area (Å²) in [6.07, 6.45) is 0.0000861. The summed E-state index contributed by atoms with van der Waals surface area (Å²) in [6, 6.07) is 0. The predicted octanol–water partition coefficient (Wildman–Crippen LogP) is -0.719. The van der Waals surface area contributed by atoms with Gasteiger partial charge in [0.25, 0.3) is 6.47 Å². The van der Waals surface area contributed by atoms with Gasteiger partial charge in [0.05, 0.1) is 85.7 Å². The summed E-state index contributed by atoms with van der Waals surface area (Å²) in [5, 5.41) is 11.3. The van der Waals surface area contributed by atoms with Crippen molar-refractivity contribution in [2.75, 3.05) is 92.6 Å². The van der Waals surface area contributed by atoms with Crippen molar-refractivity contribution >= 4 is 12.4 Å². The molecule has 0 aliphatic rings. The Balaban J connectivity index is 2.99. The summed E-state index contributed by atoms with van der Waals surface area (Å²) in [5.74, 6) is -0.874. The van der Waals surface area contributed by atoms with Gasteiger partial charge in [-0.05, 0) is 0 Å². The van der Waals surface area contributed by atoms with E-state index in [9.17, 15) is 9.59 Å². The predicted molar refractivity (Wildman–Crippen MR) is 97.2 cm³/mol. The monoisotopic (exact) mass is 411 g/mol. The van der Waals surface area contributed by atoms with Gasteiger partial charge in [0, 0.05) is 6.54 Å². The molecule has 0 fully saturated rings. The van der Waals surface area contributed by atoms with Crippen LogP contribution in [0.1, 0.15) is 6.42 Å². The normalized spacial score (nSPS) is 10.9. The summed E-state index contributed by atoms with van der Waals surface area (Å²) < 4.78 is 36.2. The topological polar surface area (TPSA) is 131 Å². The fourth-order valence-corrected chi connectivity index (χ4v) is 1.67. The number of carboxylic acids is 1. The lowest BCUT2D eigenvalue weighted by Gasteiger charge is -2.08. The molecule has 0 aliphatic heterocycles. The highest BCUT2D eigenvalue weighted by atomic mass is 16.6. The molecule has 0 radical (unpaired) electrons. The number of carboxylic acid groups (broad SMARTS) is 1. The van der Waals surface area contributed by atoms with E-state index in [0.29, 0.717) is 85.7 Å². The zero-order valence-corrected chi connectivity index (χ0v) is 16.3. The minimum atomic E-state index is -0.874. The molecule has 2 N–H and O–H groups in total. The molecule has 28 heavy (non-hydrogen) atoms. The second-order valence-electron chi connectivity index (χ2n) is 5.23. The van der Waals surface area contributed by atoms with Crippen LogP contribution in [0.2, 0.25) is 0 Å². The van der Waals surface area contributed by atoms with E-state index in [-0.39, 0.29) is 19.8 Å². The van der Waals surface area contributed by atoms with Gasteiger partial charge in [0.2, 0.25) is 0 Å². The van der Waals surface area contributed by atoms with Crippen LogP contribution in [-0.2, 0) is 42.7 Å². The summed E-state index contributed by atoms with van der Waals surface area (Å²) in [4.78, 5) is 20.1. The smallest absolute Gasteiger partial charge is 0.305 e. The Bertz CT molecular complexity index is 346. The van der Waals surface area contributed by atoms with E-state index >= 15 is 0 Å². The van der Waals surface area contributed by atoms with Crippen molar-refractivity contribution in [3.63, 3.8) is 0 Å². The van der Waals surface area contributed by atoms with E-state index in [1.165, 1.54) is 0 Å². The van der Waals surface area contributed by atoms with E-state index in [2.05, 4.69) is 10.1 Å². The highest BCUT2D eigenvalue weighted by Crippen LogP contribution is 1.86. The van der Waals surface area contributed by atoms with Crippen LogP contribution < -0.4 is 5.32 Å². The van der Waals surface area contributed by atoms with Crippen LogP contribution in [-0.4, -0.2) is 110 Å². The lowest BCUT2D eigenvalue weighted by Crippen LogP contribution is -2.23. The third-order valence-corrected chi connectivity index (χ3v) is 3.00. The molecule has 0 aliphatic carbocycles. The summed E-state index contributed by atoms with van der Waals surface area (Å²) >= 11 is 0. The summed E-state index contributed by atoms with van der Waals surface area (Å²) in [5.41, 5.74) is 0. The first-order valence-electron chi connectivity index (χ1n) is 9.21. The second kappa shape index (κ2) is 23.7. The maximum absolute atomic E-state index is 10.3. The number of rotatable bonds is 24. The molecular formula is C17H33NO10. The Hall–Kier alpha value is -1.34. The van der Waals surface area contributed by atoms with Crippen LogP contribution in [0.15, 0.2) is 0 Å². The zero-order chi connectivity index (χ0) is 20.5. The minimum Gasteiger partial charge on any atom is -0.481 e. The maximum Gasteiger partial charge on any atom is 0.305 e. The first-order valence-corrected chi connectivity index (χ1v) is 9.21. The van der Waals surface area contributed by atoms with E-state index in [4.69, 9.17) is 33.5 Å². The molecule has 0 unspecified atom stereocenters. The lowest BCUT2D eigenvalue weighted by atomic mass is 10.5. The summed E-state index contributed by atoms with van der Waals surface area (Å²) in [7, 11) is 0. The van der Waals surface area contributed by atoms with Crippen molar-refractivity contribution in [2.24, 2.45) is 0 Å². The SMILES string of the molecule is O=COCNCCOCCOCCOCCOCCOCCOCCC(=O)O. The highest BCUT2D eigenvalue weighted by Gasteiger charge is 1.96. The highest BCUT2D eigenvalue weighted by molar-refractivity contribution is 5.66. The number of hydrogen-bond donors (Lipinski definition) is 2. The minimum absolute atomic E-state index is 0.0000861. The fourth-order valence-electron chi connectivity index (χ4n) is 1.67. The number of carbonyl (C=O) groups is 2.